The summed E-state index contributed by atoms with van der Waals surface area (Å²) in [5.41, 5.74) is 5.81. The molecule has 3 heterocycles. The first-order valence-corrected chi connectivity index (χ1v) is 11.9. The van der Waals surface area contributed by atoms with E-state index < -0.39 is 0 Å². The number of hydrogen-bond acceptors (Lipinski definition) is 7. The van der Waals surface area contributed by atoms with Crippen LogP contribution in [-0.4, -0.2) is 35.2 Å². The molecule has 5 aromatic rings. The number of pyridine rings is 2. The number of benzene rings is 2. The number of rotatable bonds is 10. The Morgan fingerprint density at radius 2 is 1.95 bits per heavy atom. The Kier molecular flexibility index (Phi) is 7.25. The molecule has 184 valence electrons. The fourth-order valence-electron chi connectivity index (χ4n) is 4.10. The third-order valence-corrected chi connectivity index (χ3v) is 5.95. The summed E-state index contributed by atoms with van der Waals surface area (Å²) in [6.45, 7) is 1.82. The molecule has 0 saturated carbocycles. The van der Waals surface area contributed by atoms with Gasteiger partial charge >= 0.3 is 0 Å². The minimum Gasteiger partial charge on any atom is -0.493 e. The van der Waals surface area contributed by atoms with Gasteiger partial charge in [-0.05, 0) is 53.6 Å². The molecule has 3 N–H and O–H groups in total. The molecule has 3 aromatic heterocycles. The van der Waals surface area contributed by atoms with E-state index in [2.05, 4.69) is 31.7 Å². The highest BCUT2D eigenvalue weighted by atomic mass is 16.5. The van der Waals surface area contributed by atoms with E-state index in [-0.39, 0.29) is 0 Å². The number of H-pyrrole nitrogens is 1. The zero-order valence-electron chi connectivity index (χ0n) is 20.4. The Balaban J connectivity index is 1.36. The monoisotopic (exact) mass is 490 g/mol. The van der Waals surface area contributed by atoms with Gasteiger partial charge in [-0.3, -0.25) is 9.97 Å². The van der Waals surface area contributed by atoms with Gasteiger partial charge in [0.25, 0.3) is 0 Å². The Hall–Kier alpha value is -4.87. The van der Waals surface area contributed by atoms with Crippen LogP contribution >= 0.6 is 0 Å². The number of ether oxygens (including phenoxy) is 2. The molecular weight excluding hydrogens is 464 g/mol. The topological polar surface area (TPSA) is 108 Å². The lowest BCUT2D eigenvalue weighted by molar-refractivity contribution is 0.292. The number of methoxy groups -OCH3 is 1. The summed E-state index contributed by atoms with van der Waals surface area (Å²) >= 11 is 0. The van der Waals surface area contributed by atoms with Crippen LogP contribution in [0.1, 0.15) is 11.1 Å². The third kappa shape index (κ3) is 5.53. The molecule has 0 bridgehead atoms. The van der Waals surface area contributed by atoms with E-state index in [1.807, 2.05) is 67.0 Å². The number of anilines is 2. The van der Waals surface area contributed by atoms with E-state index in [1.54, 1.807) is 25.7 Å². The molecule has 0 saturated heterocycles. The van der Waals surface area contributed by atoms with Crippen LogP contribution in [0.5, 0.6) is 11.5 Å². The average Bonchev–Trinajstić information content (AvgIpc) is 3.41. The number of nitriles is 1. The first-order valence-electron chi connectivity index (χ1n) is 11.9. The van der Waals surface area contributed by atoms with Crippen LogP contribution in [-0.2, 0) is 6.54 Å². The van der Waals surface area contributed by atoms with Gasteiger partial charge in [0.1, 0.15) is 12.7 Å². The fourth-order valence-corrected chi connectivity index (χ4v) is 4.10. The van der Waals surface area contributed by atoms with Gasteiger partial charge in [-0.1, -0.05) is 12.1 Å². The molecule has 0 unspecified atom stereocenters. The van der Waals surface area contributed by atoms with Crippen molar-refractivity contribution >= 4 is 22.3 Å². The van der Waals surface area contributed by atoms with Crippen LogP contribution in [0.3, 0.4) is 0 Å². The maximum atomic E-state index is 9.80. The molecule has 0 aliphatic carbocycles. The normalized spacial score (nSPS) is 10.7. The molecule has 0 amide bonds. The first-order chi connectivity index (χ1) is 18.2. The van der Waals surface area contributed by atoms with E-state index in [1.165, 1.54) is 0 Å². The van der Waals surface area contributed by atoms with Crippen LogP contribution in [0.4, 0.5) is 11.4 Å². The Morgan fingerprint density at radius 3 is 2.78 bits per heavy atom. The predicted octanol–water partition coefficient (Wildman–Crippen LogP) is 5.42. The summed E-state index contributed by atoms with van der Waals surface area (Å²) in [6.07, 6.45) is 8.82. The highest BCUT2D eigenvalue weighted by Crippen LogP contribution is 2.37. The number of aromatic nitrogens is 3. The second kappa shape index (κ2) is 11.2. The van der Waals surface area contributed by atoms with Crippen molar-refractivity contribution in [2.45, 2.75) is 6.54 Å². The number of aromatic amines is 1. The van der Waals surface area contributed by atoms with Crippen molar-refractivity contribution in [2.24, 2.45) is 0 Å². The van der Waals surface area contributed by atoms with Crippen LogP contribution in [0.15, 0.2) is 85.6 Å². The number of fused-ring (bicyclic) bond motifs is 1. The van der Waals surface area contributed by atoms with Gasteiger partial charge in [-0.25, -0.2) is 0 Å². The quantitative estimate of drug-likeness (QED) is 0.224. The number of nitrogens with one attached hydrogen (secondary N) is 3. The molecule has 8 heteroatoms. The minimum atomic E-state index is 0.449. The number of hydrogen-bond donors (Lipinski definition) is 3. The molecule has 0 radical (unpaired) electrons. The summed E-state index contributed by atoms with van der Waals surface area (Å²) in [6, 6.07) is 20.0. The van der Waals surface area contributed by atoms with Gasteiger partial charge in [-0.15, -0.1) is 0 Å². The van der Waals surface area contributed by atoms with Crippen molar-refractivity contribution < 1.29 is 9.47 Å². The third-order valence-electron chi connectivity index (χ3n) is 5.95. The maximum Gasteiger partial charge on any atom is 0.161 e. The molecule has 0 aliphatic rings. The molecule has 2 aromatic carbocycles. The predicted molar refractivity (Wildman–Crippen MR) is 144 cm³/mol. The van der Waals surface area contributed by atoms with Crippen molar-refractivity contribution in [1.82, 2.24) is 20.3 Å². The van der Waals surface area contributed by atoms with Crippen molar-refractivity contribution in [1.29, 1.82) is 5.26 Å². The second-order valence-corrected chi connectivity index (χ2v) is 8.38. The zero-order valence-corrected chi connectivity index (χ0v) is 20.4. The van der Waals surface area contributed by atoms with Crippen molar-refractivity contribution in [3.63, 3.8) is 0 Å². The summed E-state index contributed by atoms with van der Waals surface area (Å²) in [5, 5.41) is 17.7. The smallest absolute Gasteiger partial charge is 0.161 e. The zero-order chi connectivity index (χ0) is 25.5. The summed E-state index contributed by atoms with van der Waals surface area (Å²) in [7, 11) is 1.62. The molecular formula is C29H26N6O2. The lowest BCUT2D eigenvalue weighted by Crippen LogP contribution is -2.20. The van der Waals surface area contributed by atoms with Crippen LogP contribution in [0, 0.1) is 11.3 Å². The van der Waals surface area contributed by atoms with Gasteiger partial charge in [0.05, 0.1) is 18.4 Å². The average molecular weight is 491 g/mol. The standard InChI is InChI=1S/C29H26N6O2/c1-36-27-7-4-21(14-28(27)37-12-11-32-17-20-3-2-9-31-16-20)25-19-33-18-23(15-30)29(25)35-24-5-6-26-22(13-24)8-10-34-26/h2-10,13-14,16,18-19,32,34H,11-12,17H2,1H3,(H,33,35). The second-order valence-electron chi connectivity index (χ2n) is 8.38. The molecule has 0 aliphatic heterocycles. The van der Waals surface area contributed by atoms with Gasteiger partial charge in [0.2, 0.25) is 0 Å². The number of nitrogens with zero attached hydrogens (tertiary/aromatic N) is 3. The fraction of sp³-hybridized carbons (Fsp3) is 0.138. The van der Waals surface area contributed by atoms with Crippen LogP contribution in [0.2, 0.25) is 0 Å². The summed E-state index contributed by atoms with van der Waals surface area (Å²) in [5.74, 6) is 1.25. The van der Waals surface area contributed by atoms with E-state index in [0.29, 0.717) is 42.4 Å². The van der Waals surface area contributed by atoms with Crippen LogP contribution < -0.4 is 20.1 Å². The molecule has 37 heavy (non-hydrogen) atoms. The highest BCUT2D eigenvalue weighted by Gasteiger charge is 2.15. The van der Waals surface area contributed by atoms with Crippen molar-refractivity contribution in [3.05, 3.63) is 96.7 Å². The molecule has 0 atom stereocenters. The van der Waals surface area contributed by atoms with Crippen molar-refractivity contribution in [3.8, 4) is 28.7 Å². The lowest BCUT2D eigenvalue weighted by atomic mass is 10.0. The lowest BCUT2D eigenvalue weighted by Gasteiger charge is -2.16. The van der Waals surface area contributed by atoms with Crippen molar-refractivity contribution in [2.75, 3.05) is 25.6 Å². The van der Waals surface area contributed by atoms with E-state index in [0.717, 1.165) is 33.3 Å². The SMILES string of the molecule is COc1ccc(-c2cncc(C#N)c2Nc2ccc3[nH]ccc3c2)cc1OCCNCc1cccnc1. The molecule has 0 spiro atoms. The Bertz CT molecular complexity index is 1540. The van der Waals surface area contributed by atoms with Gasteiger partial charge in [-0.2, -0.15) is 5.26 Å². The van der Waals surface area contributed by atoms with E-state index >= 15 is 0 Å². The largest absolute Gasteiger partial charge is 0.493 e. The summed E-state index contributed by atoms with van der Waals surface area (Å²) < 4.78 is 11.6. The van der Waals surface area contributed by atoms with Gasteiger partial charge < -0.3 is 25.1 Å². The minimum absolute atomic E-state index is 0.449. The molecule has 8 nitrogen and oxygen atoms in total. The maximum absolute atomic E-state index is 9.80. The Morgan fingerprint density at radius 1 is 1.00 bits per heavy atom. The van der Waals surface area contributed by atoms with E-state index in [4.69, 9.17) is 9.47 Å². The van der Waals surface area contributed by atoms with E-state index in [9.17, 15) is 5.26 Å². The first kappa shape index (κ1) is 23.9. The van der Waals surface area contributed by atoms with Gasteiger partial charge in [0.15, 0.2) is 11.5 Å². The Labute approximate surface area is 214 Å². The molecule has 5 rings (SSSR count). The summed E-state index contributed by atoms with van der Waals surface area (Å²) in [4.78, 5) is 11.6. The van der Waals surface area contributed by atoms with Crippen LogP contribution in [0.25, 0.3) is 22.0 Å². The highest BCUT2D eigenvalue weighted by molar-refractivity contribution is 5.88. The van der Waals surface area contributed by atoms with Gasteiger partial charge in [0, 0.05) is 66.2 Å². The molecule has 0 fully saturated rings.